The van der Waals surface area contributed by atoms with E-state index in [2.05, 4.69) is 30.5 Å². The summed E-state index contributed by atoms with van der Waals surface area (Å²) in [6.07, 6.45) is 3.43. The molecule has 0 aliphatic carbocycles. The van der Waals surface area contributed by atoms with Gasteiger partial charge < -0.3 is 10.1 Å². The second-order valence-electron chi connectivity index (χ2n) is 4.95. The summed E-state index contributed by atoms with van der Waals surface area (Å²) in [4.78, 5) is 0. The summed E-state index contributed by atoms with van der Waals surface area (Å²) in [5, 5.41) is 7.94. The molecule has 2 heterocycles. The van der Waals surface area contributed by atoms with Gasteiger partial charge >= 0.3 is 0 Å². The van der Waals surface area contributed by atoms with Crippen molar-refractivity contribution in [3.8, 4) is 0 Å². The lowest BCUT2D eigenvalue weighted by molar-refractivity contribution is 0.0881. The van der Waals surface area contributed by atoms with Gasteiger partial charge in [0.15, 0.2) is 0 Å². The molecule has 1 aromatic rings. The Morgan fingerprint density at radius 3 is 2.94 bits per heavy atom. The highest BCUT2D eigenvalue weighted by molar-refractivity contribution is 5.15. The van der Waals surface area contributed by atoms with Gasteiger partial charge in [0, 0.05) is 37.5 Å². The van der Waals surface area contributed by atoms with Crippen LogP contribution in [-0.2, 0) is 18.3 Å². The first-order valence-corrected chi connectivity index (χ1v) is 5.87. The minimum absolute atomic E-state index is 0.0995. The van der Waals surface area contributed by atoms with Crippen LogP contribution in [0.5, 0.6) is 0 Å². The predicted octanol–water partition coefficient (Wildman–Crippen LogP) is 1.39. The molecule has 0 radical (unpaired) electrons. The first-order chi connectivity index (χ1) is 7.51. The van der Waals surface area contributed by atoms with Gasteiger partial charge in [0.05, 0.1) is 11.8 Å². The Morgan fingerprint density at radius 1 is 1.69 bits per heavy atom. The van der Waals surface area contributed by atoms with E-state index in [9.17, 15) is 0 Å². The van der Waals surface area contributed by atoms with E-state index >= 15 is 0 Å². The molecule has 4 heteroatoms. The van der Waals surface area contributed by atoms with Crippen molar-refractivity contribution in [1.29, 1.82) is 0 Å². The van der Waals surface area contributed by atoms with Crippen LogP contribution in [0.25, 0.3) is 0 Å². The summed E-state index contributed by atoms with van der Waals surface area (Å²) in [5.74, 6) is 0. The zero-order valence-electron chi connectivity index (χ0n) is 10.6. The number of aromatic nitrogens is 2. The van der Waals surface area contributed by atoms with Gasteiger partial charge in [-0.15, -0.1) is 0 Å². The van der Waals surface area contributed by atoms with E-state index in [0.717, 1.165) is 25.3 Å². The number of ether oxygens (including phenoxy) is 1. The normalized spacial score (nSPS) is 29.9. The zero-order chi connectivity index (χ0) is 11.8. The van der Waals surface area contributed by atoms with Crippen molar-refractivity contribution < 1.29 is 4.74 Å². The van der Waals surface area contributed by atoms with E-state index in [1.165, 1.54) is 5.56 Å². The number of nitrogens with one attached hydrogen (secondary N) is 1. The number of nitrogens with zero attached hydrogens (tertiary/aromatic N) is 2. The number of rotatable bonds is 3. The van der Waals surface area contributed by atoms with Crippen molar-refractivity contribution in [2.45, 2.75) is 45.4 Å². The third-order valence-corrected chi connectivity index (χ3v) is 3.68. The van der Waals surface area contributed by atoms with Crippen LogP contribution in [0, 0.1) is 6.92 Å². The Balaban J connectivity index is 1.99. The molecule has 1 N–H and O–H groups in total. The number of aryl methyl sites for hydroxylation is 2. The maximum atomic E-state index is 5.61. The maximum absolute atomic E-state index is 5.61. The molecule has 0 spiro atoms. The highest BCUT2D eigenvalue weighted by Crippen LogP contribution is 2.25. The molecule has 90 valence electrons. The summed E-state index contributed by atoms with van der Waals surface area (Å²) in [7, 11) is 1.96. The van der Waals surface area contributed by atoms with Gasteiger partial charge in [-0.05, 0) is 27.2 Å². The SMILES string of the molecule is Cc1nn(C)cc1CNC1(C)CCOC1C. The van der Waals surface area contributed by atoms with Crippen molar-refractivity contribution in [1.82, 2.24) is 15.1 Å². The first kappa shape index (κ1) is 11.6. The van der Waals surface area contributed by atoms with Crippen LogP contribution in [0.4, 0.5) is 0 Å². The molecule has 2 unspecified atom stereocenters. The zero-order valence-corrected chi connectivity index (χ0v) is 10.6. The van der Waals surface area contributed by atoms with Crippen LogP contribution in [0.15, 0.2) is 6.20 Å². The fraction of sp³-hybridized carbons (Fsp3) is 0.750. The lowest BCUT2D eigenvalue weighted by Gasteiger charge is -2.28. The molecule has 1 fully saturated rings. The molecule has 0 saturated carbocycles. The lowest BCUT2D eigenvalue weighted by atomic mass is 9.94. The second kappa shape index (κ2) is 4.18. The van der Waals surface area contributed by atoms with Gasteiger partial charge in [0.25, 0.3) is 0 Å². The van der Waals surface area contributed by atoms with Gasteiger partial charge in [-0.3, -0.25) is 4.68 Å². The first-order valence-electron chi connectivity index (χ1n) is 5.87. The smallest absolute Gasteiger partial charge is 0.0726 e. The molecule has 1 aliphatic heterocycles. The molecule has 0 aromatic carbocycles. The summed E-state index contributed by atoms with van der Waals surface area (Å²) in [6.45, 7) is 8.14. The molecule has 0 amide bonds. The molecule has 1 aromatic heterocycles. The minimum atomic E-state index is 0.0995. The Hall–Kier alpha value is -0.870. The summed E-state index contributed by atoms with van der Waals surface area (Å²) >= 11 is 0. The van der Waals surface area contributed by atoms with Gasteiger partial charge in [-0.2, -0.15) is 5.10 Å². The van der Waals surface area contributed by atoms with Crippen LogP contribution in [-0.4, -0.2) is 28.0 Å². The summed E-state index contributed by atoms with van der Waals surface area (Å²) < 4.78 is 7.47. The van der Waals surface area contributed by atoms with Crippen molar-refractivity contribution >= 4 is 0 Å². The largest absolute Gasteiger partial charge is 0.377 e. The van der Waals surface area contributed by atoms with E-state index in [4.69, 9.17) is 4.74 Å². The summed E-state index contributed by atoms with van der Waals surface area (Å²) in [6, 6.07) is 0. The molecule has 1 saturated heterocycles. The van der Waals surface area contributed by atoms with E-state index in [-0.39, 0.29) is 11.6 Å². The van der Waals surface area contributed by atoms with E-state index in [1.807, 2.05) is 18.7 Å². The third kappa shape index (κ3) is 2.13. The average Bonchev–Trinajstić information content (AvgIpc) is 2.69. The number of hydrogen-bond donors (Lipinski definition) is 1. The van der Waals surface area contributed by atoms with Crippen LogP contribution in [0.2, 0.25) is 0 Å². The molecule has 0 bridgehead atoms. The van der Waals surface area contributed by atoms with E-state index in [1.54, 1.807) is 0 Å². The van der Waals surface area contributed by atoms with Crippen molar-refractivity contribution in [2.24, 2.45) is 7.05 Å². The van der Waals surface area contributed by atoms with Crippen molar-refractivity contribution in [2.75, 3.05) is 6.61 Å². The Morgan fingerprint density at radius 2 is 2.44 bits per heavy atom. The van der Waals surface area contributed by atoms with Crippen LogP contribution in [0.3, 0.4) is 0 Å². The van der Waals surface area contributed by atoms with Crippen LogP contribution in [0.1, 0.15) is 31.5 Å². The molecule has 4 nitrogen and oxygen atoms in total. The standard InChI is InChI=1S/C12H21N3O/c1-9-11(8-15(4)14-9)7-13-12(3)5-6-16-10(12)2/h8,10,13H,5-7H2,1-4H3. The maximum Gasteiger partial charge on any atom is 0.0726 e. The summed E-state index contributed by atoms with van der Waals surface area (Å²) in [5.41, 5.74) is 2.47. The van der Waals surface area contributed by atoms with Gasteiger partial charge in [-0.25, -0.2) is 0 Å². The lowest BCUT2D eigenvalue weighted by Crippen LogP contribution is -2.47. The highest BCUT2D eigenvalue weighted by atomic mass is 16.5. The third-order valence-electron chi connectivity index (χ3n) is 3.68. The van der Waals surface area contributed by atoms with Crippen LogP contribution >= 0.6 is 0 Å². The average molecular weight is 223 g/mol. The molecular weight excluding hydrogens is 202 g/mol. The van der Waals surface area contributed by atoms with Gasteiger partial charge in [0.1, 0.15) is 0 Å². The topological polar surface area (TPSA) is 39.1 Å². The monoisotopic (exact) mass is 223 g/mol. The highest BCUT2D eigenvalue weighted by Gasteiger charge is 2.36. The van der Waals surface area contributed by atoms with Crippen LogP contribution < -0.4 is 5.32 Å². The molecule has 2 rings (SSSR count). The predicted molar refractivity (Wildman–Crippen MR) is 63.2 cm³/mol. The fourth-order valence-electron chi connectivity index (χ4n) is 2.19. The van der Waals surface area contributed by atoms with E-state index < -0.39 is 0 Å². The Labute approximate surface area is 97.0 Å². The van der Waals surface area contributed by atoms with Crippen molar-refractivity contribution in [3.05, 3.63) is 17.5 Å². The van der Waals surface area contributed by atoms with Gasteiger partial charge in [-0.1, -0.05) is 0 Å². The van der Waals surface area contributed by atoms with Crippen molar-refractivity contribution in [3.63, 3.8) is 0 Å². The molecular formula is C12H21N3O. The molecule has 1 aliphatic rings. The minimum Gasteiger partial charge on any atom is -0.377 e. The molecule has 2 atom stereocenters. The van der Waals surface area contributed by atoms with Gasteiger partial charge in [0.2, 0.25) is 0 Å². The van der Waals surface area contributed by atoms with E-state index in [0.29, 0.717) is 0 Å². The molecule has 16 heavy (non-hydrogen) atoms. The number of hydrogen-bond acceptors (Lipinski definition) is 3. The second-order valence-corrected chi connectivity index (χ2v) is 4.95. The fourth-order valence-corrected chi connectivity index (χ4v) is 2.19. The Kier molecular flexibility index (Phi) is 3.04. The Bertz CT molecular complexity index is 374. The quantitative estimate of drug-likeness (QED) is 0.841.